The molecular weight excluding hydrogens is 302 g/mol. The molecule has 1 rings (SSSR count). The zero-order valence-corrected chi connectivity index (χ0v) is 15.3. The van der Waals surface area contributed by atoms with Crippen molar-refractivity contribution in [2.75, 3.05) is 13.1 Å². The molecule has 1 aliphatic rings. The Balaban J connectivity index is 0.00000441. The predicted octanol–water partition coefficient (Wildman–Crippen LogP) is 1.93. The molecule has 3 N–H and O–H groups in total. The molecule has 0 aromatic carbocycles. The highest BCUT2D eigenvalue weighted by Gasteiger charge is 2.39. The summed E-state index contributed by atoms with van der Waals surface area (Å²) >= 11 is 0. The first kappa shape index (κ1) is 21.2. The minimum absolute atomic E-state index is 0. The summed E-state index contributed by atoms with van der Waals surface area (Å²) in [5.74, 6) is 0.0476. The van der Waals surface area contributed by atoms with Gasteiger partial charge < -0.3 is 16.0 Å². The number of halogens is 1. The van der Waals surface area contributed by atoms with Gasteiger partial charge in [-0.1, -0.05) is 27.2 Å². The van der Waals surface area contributed by atoms with E-state index in [0.717, 1.165) is 12.8 Å². The van der Waals surface area contributed by atoms with Crippen molar-refractivity contribution in [3.63, 3.8) is 0 Å². The molecule has 1 saturated heterocycles. The Kier molecular flexibility index (Phi) is 8.40. The predicted molar refractivity (Wildman–Crippen MR) is 91.9 cm³/mol. The minimum atomic E-state index is -0.414. The number of likely N-dealkylation sites (tertiary alicyclic amines) is 1. The lowest BCUT2D eigenvalue weighted by molar-refractivity contribution is -0.130. The number of nitrogens with zero attached hydrogens (tertiary/aromatic N) is 1. The van der Waals surface area contributed by atoms with Gasteiger partial charge in [-0.15, -0.1) is 12.4 Å². The zero-order chi connectivity index (χ0) is 16.2. The Morgan fingerprint density at radius 2 is 2.05 bits per heavy atom. The van der Waals surface area contributed by atoms with Crippen molar-refractivity contribution < 1.29 is 9.59 Å². The van der Waals surface area contributed by atoms with Crippen LogP contribution in [0.4, 0.5) is 0 Å². The topological polar surface area (TPSA) is 75.4 Å². The van der Waals surface area contributed by atoms with Crippen LogP contribution in [0.1, 0.15) is 53.9 Å². The summed E-state index contributed by atoms with van der Waals surface area (Å²) < 4.78 is 0. The molecule has 0 aromatic rings. The highest BCUT2D eigenvalue weighted by molar-refractivity contribution is 5.89. The average Bonchev–Trinajstić information content (AvgIpc) is 2.81. The maximum absolute atomic E-state index is 12.5. The molecule has 0 aliphatic carbocycles. The SMILES string of the molecule is CCCC(C)N1CC(C(=O)NC(C)(CN)C(C)C)CC1=O.Cl. The molecule has 1 heterocycles. The summed E-state index contributed by atoms with van der Waals surface area (Å²) in [7, 11) is 0. The van der Waals surface area contributed by atoms with E-state index in [1.807, 2.05) is 25.7 Å². The Morgan fingerprint density at radius 3 is 2.50 bits per heavy atom. The Labute approximate surface area is 140 Å². The van der Waals surface area contributed by atoms with Crippen LogP contribution in [0.25, 0.3) is 0 Å². The summed E-state index contributed by atoms with van der Waals surface area (Å²) in [5.41, 5.74) is 5.39. The van der Waals surface area contributed by atoms with E-state index in [0.29, 0.717) is 19.5 Å². The number of hydrogen-bond donors (Lipinski definition) is 2. The number of nitrogens with one attached hydrogen (secondary N) is 1. The van der Waals surface area contributed by atoms with Gasteiger partial charge in [0.25, 0.3) is 0 Å². The van der Waals surface area contributed by atoms with Gasteiger partial charge >= 0.3 is 0 Å². The summed E-state index contributed by atoms with van der Waals surface area (Å²) in [6.07, 6.45) is 2.34. The van der Waals surface area contributed by atoms with Crippen molar-refractivity contribution in [3.05, 3.63) is 0 Å². The van der Waals surface area contributed by atoms with Crippen LogP contribution in [-0.4, -0.2) is 41.4 Å². The van der Waals surface area contributed by atoms with Crippen molar-refractivity contribution in [2.24, 2.45) is 17.6 Å². The van der Waals surface area contributed by atoms with Crippen LogP contribution < -0.4 is 11.1 Å². The lowest BCUT2D eigenvalue weighted by atomic mass is 9.87. The molecule has 1 aliphatic heterocycles. The van der Waals surface area contributed by atoms with Gasteiger partial charge in [0, 0.05) is 25.6 Å². The molecule has 0 bridgehead atoms. The standard InChI is InChI=1S/C16H31N3O2.ClH/c1-6-7-12(4)19-9-13(8-14(19)20)15(21)18-16(5,10-17)11(2)3;/h11-13H,6-10,17H2,1-5H3,(H,18,21);1H. The summed E-state index contributed by atoms with van der Waals surface area (Å²) in [5, 5.41) is 3.05. The number of rotatable bonds is 7. The third-order valence-corrected chi connectivity index (χ3v) is 4.87. The third kappa shape index (κ3) is 4.85. The van der Waals surface area contributed by atoms with Gasteiger partial charge in [0.15, 0.2) is 0 Å². The molecule has 130 valence electrons. The fraction of sp³-hybridized carbons (Fsp3) is 0.875. The number of carbonyl (C=O) groups is 2. The lowest BCUT2D eigenvalue weighted by Gasteiger charge is -2.34. The molecule has 0 spiro atoms. The first-order valence-electron chi connectivity index (χ1n) is 8.06. The molecule has 0 aromatic heterocycles. The van der Waals surface area contributed by atoms with Crippen molar-refractivity contribution in [1.29, 1.82) is 0 Å². The molecule has 0 radical (unpaired) electrons. The number of hydrogen-bond acceptors (Lipinski definition) is 3. The quantitative estimate of drug-likeness (QED) is 0.747. The van der Waals surface area contributed by atoms with E-state index in [2.05, 4.69) is 19.2 Å². The lowest BCUT2D eigenvalue weighted by Crippen LogP contribution is -2.56. The largest absolute Gasteiger partial charge is 0.349 e. The second-order valence-corrected chi connectivity index (χ2v) is 6.85. The molecule has 6 heteroatoms. The van der Waals surface area contributed by atoms with E-state index in [1.54, 1.807) is 0 Å². The summed E-state index contributed by atoms with van der Waals surface area (Å²) in [4.78, 5) is 26.4. The average molecular weight is 334 g/mol. The van der Waals surface area contributed by atoms with Crippen molar-refractivity contribution >= 4 is 24.2 Å². The van der Waals surface area contributed by atoms with E-state index in [-0.39, 0.29) is 42.1 Å². The van der Waals surface area contributed by atoms with Crippen molar-refractivity contribution in [2.45, 2.75) is 65.5 Å². The Hall–Kier alpha value is -0.810. The third-order valence-electron chi connectivity index (χ3n) is 4.87. The first-order valence-corrected chi connectivity index (χ1v) is 8.06. The number of amides is 2. The van der Waals surface area contributed by atoms with Crippen LogP contribution in [-0.2, 0) is 9.59 Å². The highest BCUT2D eigenvalue weighted by Crippen LogP contribution is 2.24. The fourth-order valence-corrected chi connectivity index (χ4v) is 2.72. The molecule has 2 amide bonds. The van der Waals surface area contributed by atoms with Crippen LogP contribution in [0.3, 0.4) is 0 Å². The van der Waals surface area contributed by atoms with Crippen molar-refractivity contribution in [1.82, 2.24) is 10.2 Å². The maximum atomic E-state index is 12.5. The number of nitrogens with two attached hydrogens (primary N) is 1. The first-order chi connectivity index (χ1) is 9.75. The maximum Gasteiger partial charge on any atom is 0.225 e. The van der Waals surface area contributed by atoms with Gasteiger partial charge in [0.2, 0.25) is 11.8 Å². The summed E-state index contributed by atoms with van der Waals surface area (Å²) in [6, 6.07) is 0.214. The Morgan fingerprint density at radius 1 is 1.45 bits per heavy atom. The van der Waals surface area contributed by atoms with Gasteiger partial charge in [-0.2, -0.15) is 0 Å². The van der Waals surface area contributed by atoms with Crippen LogP contribution in [0.2, 0.25) is 0 Å². The fourth-order valence-electron chi connectivity index (χ4n) is 2.72. The van der Waals surface area contributed by atoms with Gasteiger partial charge in [0.05, 0.1) is 11.5 Å². The normalized spacial score (nSPS) is 22.2. The van der Waals surface area contributed by atoms with Gasteiger partial charge in [-0.05, 0) is 26.2 Å². The molecular formula is C16H32ClN3O2. The molecule has 5 nitrogen and oxygen atoms in total. The van der Waals surface area contributed by atoms with E-state index in [4.69, 9.17) is 5.73 Å². The second kappa shape index (κ2) is 8.73. The van der Waals surface area contributed by atoms with Crippen LogP contribution >= 0.6 is 12.4 Å². The molecule has 22 heavy (non-hydrogen) atoms. The molecule has 1 fully saturated rings. The highest BCUT2D eigenvalue weighted by atomic mass is 35.5. The van der Waals surface area contributed by atoms with Crippen LogP contribution in [0.5, 0.6) is 0 Å². The van der Waals surface area contributed by atoms with E-state index in [9.17, 15) is 9.59 Å². The van der Waals surface area contributed by atoms with Crippen LogP contribution in [0.15, 0.2) is 0 Å². The molecule has 3 unspecified atom stereocenters. The monoisotopic (exact) mass is 333 g/mol. The van der Waals surface area contributed by atoms with Crippen LogP contribution in [0, 0.1) is 11.8 Å². The molecule has 3 atom stereocenters. The molecule has 0 saturated carbocycles. The van der Waals surface area contributed by atoms with Gasteiger partial charge in [-0.3, -0.25) is 9.59 Å². The van der Waals surface area contributed by atoms with Gasteiger partial charge in [0.1, 0.15) is 0 Å². The summed E-state index contributed by atoms with van der Waals surface area (Å²) in [6.45, 7) is 11.1. The number of carbonyl (C=O) groups excluding carboxylic acids is 2. The van der Waals surface area contributed by atoms with E-state index < -0.39 is 5.54 Å². The Bertz CT molecular complexity index is 390. The van der Waals surface area contributed by atoms with E-state index >= 15 is 0 Å². The minimum Gasteiger partial charge on any atom is -0.349 e. The van der Waals surface area contributed by atoms with Gasteiger partial charge in [-0.25, -0.2) is 0 Å². The van der Waals surface area contributed by atoms with E-state index in [1.165, 1.54) is 0 Å². The van der Waals surface area contributed by atoms with Crippen molar-refractivity contribution in [3.8, 4) is 0 Å². The second-order valence-electron chi connectivity index (χ2n) is 6.85. The zero-order valence-electron chi connectivity index (χ0n) is 14.5. The smallest absolute Gasteiger partial charge is 0.225 e.